The van der Waals surface area contributed by atoms with Crippen LogP contribution in [0.15, 0.2) is 48.5 Å². The zero-order valence-electron chi connectivity index (χ0n) is 11.6. The van der Waals surface area contributed by atoms with E-state index in [9.17, 15) is 9.59 Å². The molecule has 0 aliphatic carbocycles. The molecule has 0 aliphatic rings. The molecule has 3 heteroatoms. The van der Waals surface area contributed by atoms with E-state index in [-0.39, 0.29) is 5.78 Å². The zero-order chi connectivity index (χ0) is 14.5. The van der Waals surface area contributed by atoms with Crippen molar-refractivity contribution in [2.45, 2.75) is 20.3 Å². The lowest BCUT2D eigenvalue weighted by Crippen LogP contribution is -2.08. The highest BCUT2D eigenvalue weighted by Gasteiger charge is 2.09. The van der Waals surface area contributed by atoms with E-state index in [1.165, 1.54) is 0 Å². The summed E-state index contributed by atoms with van der Waals surface area (Å²) in [5, 5.41) is 0. The molecule has 0 aliphatic heterocycles. The Hall–Kier alpha value is -2.42. The van der Waals surface area contributed by atoms with Gasteiger partial charge in [0.05, 0.1) is 5.56 Å². The third-order valence-corrected chi connectivity index (χ3v) is 3.00. The molecule has 0 unspecified atom stereocenters. The maximum Gasteiger partial charge on any atom is 0.343 e. The Kier molecular flexibility index (Phi) is 4.31. The van der Waals surface area contributed by atoms with Gasteiger partial charge in [-0.25, -0.2) is 4.79 Å². The van der Waals surface area contributed by atoms with Crippen LogP contribution >= 0.6 is 0 Å². The van der Waals surface area contributed by atoms with Gasteiger partial charge in [-0.15, -0.1) is 0 Å². The quantitative estimate of drug-likeness (QED) is 0.481. The van der Waals surface area contributed by atoms with Crippen molar-refractivity contribution in [1.82, 2.24) is 0 Å². The average molecular weight is 268 g/mol. The summed E-state index contributed by atoms with van der Waals surface area (Å²) >= 11 is 0. The molecule has 0 radical (unpaired) electrons. The summed E-state index contributed by atoms with van der Waals surface area (Å²) in [5.41, 5.74) is 2.22. The number of hydrogen-bond acceptors (Lipinski definition) is 3. The Labute approximate surface area is 118 Å². The molecule has 2 rings (SSSR count). The van der Waals surface area contributed by atoms with Gasteiger partial charge in [0.1, 0.15) is 5.75 Å². The van der Waals surface area contributed by atoms with Crippen molar-refractivity contribution in [3.05, 3.63) is 65.2 Å². The van der Waals surface area contributed by atoms with E-state index in [2.05, 4.69) is 0 Å². The van der Waals surface area contributed by atoms with Crippen LogP contribution in [0, 0.1) is 6.92 Å². The number of carbonyl (C=O) groups excluding carboxylic acids is 2. The van der Waals surface area contributed by atoms with Gasteiger partial charge in [0, 0.05) is 12.0 Å². The first-order valence-corrected chi connectivity index (χ1v) is 6.52. The largest absolute Gasteiger partial charge is 0.423 e. The number of aryl methyl sites for hydroxylation is 1. The molecule has 0 amide bonds. The predicted octanol–water partition coefficient (Wildman–Crippen LogP) is 3.81. The molecule has 0 N–H and O–H groups in total. The highest BCUT2D eigenvalue weighted by atomic mass is 16.5. The lowest BCUT2D eigenvalue weighted by atomic mass is 10.1. The minimum Gasteiger partial charge on any atom is -0.423 e. The van der Waals surface area contributed by atoms with Crippen LogP contribution < -0.4 is 4.74 Å². The van der Waals surface area contributed by atoms with Crippen molar-refractivity contribution in [2.24, 2.45) is 0 Å². The van der Waals surface area contributed by atoms with E-state index >= 15 is 0 Å². The molecule has 0 aromatic heterocycles. The number of Topliss-reactive ketones (excluding diaryl/α,β-unsaturated/α-hetero) is 1. The Bertz CT molecular complexity index is 610. The first kappa shape index (κ1) is 14.0. The number of carbonyl (C=O) groups is 2. The molecule has 0 heterocycles. The second kappa shape index (κ2) is 6.15. The van der Waals surface area contributed by atoms with Gasteiger partial charge in [-0.05, 0) is 43.3 Å². The lowest BCUT2D eigenvalue weighted by Gasteiger charge is -2.05. The molecule has 2 aromatic carbocycles. The number of ketones is 1. The number of ether oxygens (including phenoxy) is 1. The summed E-state index contributed by atoms with van der Waals surface area (Å²) in [6, 6.07) is 13.8. The molecule has 0 bridgehead atoms. The van der Waals surface area contributed by atoms with Crippen molar-refractivity contribution in [1.29, 1.82) is 0 Å². The van der Waals surface area contributed by atoms with Crippen molar-refractivity contribution in [3.63, 3.8) is 0 Å². The molecule has 3 nitrogen and oxygen atoms in total. The van der Waals surface area contributed by atoms with Crippen LogP contribution in [0.2, 0.25) is 0 Å². The Balaban J connectivity index is 2.08. The molecule has 0 saturated carbocycles. The number of rotatable bonds is 4. The van der Waals surface area contributed by atoms with Gasteiger partial charge in [0.2, 0.25) is 0 Å². The van der Waals surface area contributed by atoms with Crippen LogP contribution in [0.25, 0.3) is 0 Å². The maximum absolute atomic E-state index is 11.9. The number of esters is 1. The fourth-order valence-corrected chi connectivity index (χ4v) is 1.77. The normalized spacial score (nSPS) is 10.1. The zero-order valence-corrected chi connectivity index (χ0v) is 11.6. The smallest absolute Gasteiger partial charge is 0.343 e. The molecular weight excluding hydrogens is 252 g/mol. The van der Waals surface area contributed by atoms with Gasteiger partial charge in [-0.3, -0.25) is 4.79 Å². The minimum atomic E-state index is -0.403. The third kappa shape index (κ3) is 3.32. The molecule has 20 heavy (non-hydrogen) atoms. The highest BCUT2D eigenvalue weighted by molar-refractivity contribution is 5.96. The van der Waals surface area contributed by atoms with Crippen molar-refractivity contribution < 1.29 is 14.3 Å². The van der Waals surface area contributed by atoms with Gasteiger partial charge >= 0.3 is 5.97 Å². The SMILES string of the molecule is CCC(=O)c1ccc(OC(=O)c2ccc(C)cc2)cc1. The topological polar surface area (TPSA) is 43.4 Å². The third-order valence-electron chi connectivity index (χ3n) is 3.00. The fourth-order valence-electron chi connectivity index (χ4n) is 1.77. The van der Waals surface area contributed by atoms with Crippen LogP contribution in [-0.2, 0) is 0 Å². The van der Waals surface area contributed by atoms with Crippen LogP contribution in [-0.4, -0.2) is 11.8 Å². The lowest BCUT2D eigenvalue weighted by molar-refractivity contribution is 0.0734. The second-order valence-corrected chi connectivity index (χ2v) is 4.56. The molecular formula is C17H16O3. The summed E-state index contributed by atoms with van der Waals surface area (Å²) in [7, 11) is 0. The monoisotopic (exact) mass is 268 g/mol. The minimum absolute atomic E-state index is 0.0708. The number of benzene rings is 2. The summed E-state index contributed by atoms with van der Waals surface area (Å²) in [6.07, 6.45) is 0.461. The van der Waals surface area contributed by atoms with Gasteiger partial charge in [-0.2, -0.15) is 0 Å². The van der Waals surface area contributed by atoms with Crippen molar-refractivity contribution >= 4 is 11.8 Å². The Morgan fingerprint density at radius 2 is 1.45 bits per heavy atom. The van der Waals surface area contributed by atoms with Gasteiger partial charge < -0.3 is 4.74 Å². The average Bonchev–Trinajstić information content (AvgIpc) is 2.48. The van der Waals surface area contributed by atoms with E-state index in [1.807, 2.05) is 26.0 Å². The van der Waals surface area contributed by atoms with Crippen molar-refractivity contribution in [3.8, 4) is 5.75 Å². The molecule has 2 aromatic rings. The molecule has 0 spiro atoms. The van der Waals surface area contributed by atoms with Gasteiger partial charge in [0.25, 0.3) is 0 Å². The first-order valence-electron chi connectivity index (χ1n) is 6.52. The van der Waals surface area contributed by atoms with E-state index in [0.29, 0.717) is 23.3 Å². The number of hydrogen-bond donors (Lipinski definition) is 0. The Morgan fingerprint density at radius 1 is 0.900 bits per heavy atom. The fraction of sp³-hybridized carbons (Fsp3) is 0.176. The summed E-state index contributed by atoms with van der Waals surface area (Å²) in [5.74, 6) is 0.101. The second-order valence-electron chi connectivity index (χ2n) is 4.56. The maximum atomic E-state index is 11.9. The summed E-state index contributed by atoms with van der Waals surface area (Å²) < 4.78 is 5.26. The summed E-state index contributed by atoms with van der Waals surface area (Å²) in [6.45, 7) is 3.77. The molecule has 0 fully saturated rings. The predicted molar refractivity (Wildman–Crippen MR) is 77.2 cm³/mol. The summed E-state index contributed by atoms with van der Waals surface area (Å²) in [4.78, 5) is 23.4. The van der Waals surface area contributed by atoms with E-state index in [0.717, 1.165) is 5.56 Å². The Morgan fingerprint density at radius 3 is 2.00 bits per heavy atom. The van der Waals surface area contributed by atoms with Gasteiger partial charge in [0.15, 0.2) is 5.78 Å². The standard InChI is InChI=1S/C17H16O3/c1-3-16(18)13-8-10-15(11-9-13)20-17(19)14-6-4-12(2)5-7-14/h4-11H,3H2,1-2H3. The van der Waals surface area contributed by atoms with Crippen LogP contribution in [0.4, 0.5) is 0 Å². The highest BCUT2D eigenvalue weighted by Crippen LogP contribution is 2.15. The molecule has 0 saturated heterocycles. The van der Waals surface area contributed by atoms with E-state index in [1.54, 1.807) is 36.4 Å². The van der Waals surface area contributed by atoms with Crippen LogP contribution in [0.1, 0.15) is 39.6 Å². The molecule has 102 valence electrons. The van der Waals surface area contributed by atoms with Crippen molar-refractivity contribution in [2.75, 3.05) is 0 Å². The molecule has 0 atom stereocenters. The van der Waals surface area contributed by atoms with Crippen LogP contribution in [0.3, 0.4) is 0 Å². The van der Waals surface area contributed by atoms with E-state index in [4.69, 9.17) is 4.74 Å². The van der Waals surface area contributed by atoms with E-state index < -0.39 is 5.97 Å². The van der Waals surface area contributed by atoms with Gasteiger partial charge in [-0.1, -0.05) is 24.6 Å². The first-order chi connectivity index (χ1) is 9.60. The van der Waals surface area contributed by atoms with Crippen LogP contribution in [0.5, 0.6) is 5.75 Å².